The summed E-state index contributed by atoms with van der Waals surface area (Å²) in [4.78, 5) is 21.8. The molecule has 18 heavy (non-hydrogen) atoms. The first-order valence-electron chi connectivity index (χ1n) is 5.50. The van der Waals surface area contributed by atoms with Crippen LogP contribution < -0.4 is 0 Å². The second-order valence-electron chi connectivity index (χ2n) is 3.81. The normalized spacial score (nSPS) is 11.9. The highest BCUT2D eigenvalue weighted by atomic mass is 35.5. The van der Waals surface area contributed by atoms with Crippen molar-refractivity contribution in [2.24, 2.45) is 0 Å². The van der Waals surface area contributed by atoms with Crippen molar-refractivity contribution in [3.8, 4) is 0 Å². The predicted octanol–water partition coefficient (Wildman–Crippen LogP) is 2.62. The minimum atomic E-state index is -0.911. The number of alkyl halides is 1. The van der Waals surface area contributed by atoms with Crippen LogP contribution in [-0.2, 0) is 16.0 Å². The number of esters is 1. The molecule has 0 aromatic heterocycles. The maximum Gasteiger partial charge on any atom is 0.324 e. The Hall–Kier alpha value is -1.62. The molecule has 1 atom stereocenters. The lowest BCUT2D eigenvalue weighted by molar-refractivity contribution is -0.385. The molecule has 0 fully saturated rings. The summed E-state index contributed by atoms with van der Waals surface area (Å²) >= 11 is 5.86. The summed E-state index contributed by atoms with van der Waals surface area (Å²) in [7, 11) is 0. The third-order valence-corrected chi connectivity index (χ3v) is 2.71. The molecule has 0 heterocycles. The van der Waals surface area contributed by atoms with E-state index in [0.717, 1.165) is 5.56 Å². The largest absolute Gasteiger partial charge is 0.465 e. The van der Waals surface area contributed by atoms with E-state index in [-0.39, 0.29) is 18.7 Å². The van der Waals surface area contributed by atoms with Gasteiger partial charge in [0.1, 0.15) is 5.38 Å². The Morgan fingerprint density at radius 3 is 2.78 bits per heavy atom. The molecule has 0 saturated carbocycles. The summed E-state index contributed by atoms with van der Waals surface area (Å²) in [6, 6.07) is 4.82. The molecule has 0 amide bonds. The second kappa shape index (κ2) is 6.35. The summed E-state index contributed by atoms with van der Waals surface area (Å²) in [5.74, 6) is -0.561. The average Bonchev–Trinajstić information content (AvgIpc) is 2.31. The van der Waals surface area contributed by atoms with E-state index in [0.29, 0.717) is 5.56 Å². The van der Waals surface area contributed by atoms with Gasteiger partial charge in [0, 0.05) is 18.1 Å². The van der Waals surface area contributed by atoms with E-state index in [9.17, 15) is 14.9 Å². The van der Waals surface area contributed by atoms with Crippen molar-refractivity contribution in [2.45, 2.75) is 25.6 Å². The molecule has 1 rings (SSSR count). The van der Waals surface area contributed by atoms with Gasteiger partial charge in [0.2, 0.25) is 0 Å². The standard InChI is InChI=1S/C12H14ClNO4/c1-3-18-12(15)10(13)7-9-5-4-8(2)6-11(9)14(16)17/h4-6,10H,3,7H2,1-2H3. The van der Waals surface area contributed by atoms with Gasteiger partial charge in [-0.05, 0) is 19.4 Å². The summed E-state index contributed by atoms with van der Waals surface area (Å²) in [5.41, 5.74) is 1.19. The van der Waals surface area contributed by atoms with Crippen LogP contribution >= 0.6 is 11.6 Å². The van der Waals surface area contributed by atoms with E-state index in [2.05, 4.69) is 0 Å². The van der Waals surface area contributed by atoms with E-state index >= 15 is 0 Å². The molecule has 0 saturated heterocycles. The van der Waals surface area contributed by atoms with Crippen molar-refractivity contribution in [3.63, 3.8) is 0 Å². The van der Waals surface area contributed by atoms with Gasteiger partial charge in [-0.25, -0.2) is 0 Å². The highest BCUT2D eigenvalue weighted by molar-refractivity contribution is 6.30. The molecule has 0 aliphatic heterocycles. The number of nitrogens with zero attached hydrogens (tertiary/aromatic N) is 1. The SMILES string of the molecule is CCOC(=O)C(Cl)Cc1ccc(C)cc1[N+](=O)[O-]. The minimum Gasteiger partial charge on any atom is -0.465 e. The smallest absolute Gasteiger partial charge is 0.324 e. The molecule has 1 aromatic carbocycles. The first-order valence-corrected chi connectivity index (χ1v) is 5.94. The van der Waals surface area contributed by atoms with Gasteiger partial charge in [-0.2, -0.15) is 0 Å². The number of carbonyl (C=O) groups excluding carboxylic acids is 1. The Kier molecular flexibility index (Phi) is 5.09. The maximum atomic E-state index is 11.4. The van der Waals surface area contributed by atoms with Crippen LogP contribution in [0.3, 0.4) is 0 Å². The molecular formula is C12H14ClNO4. The van der Waals surface area contributed by atoms with E-state index in [1.165, 1.54) is 6.07 Å². The van der Waals surface area contributed by atoms with Crippen molar-refractivity contribution < 1.29 is 14.5 Å². The van der Waals surface area contributed by atoms with Crippen molar-refractivity contribution in [2.75, 3.05) is 6.61 Å². The Labute approximate surface area is 110 Å². The number of ether oxygens (including phenoxy) is 1. The molecular weight excluding hydrogens is 258 g/mol. The zero-order valence-corrected chi connectivity index (χ0v) is 10.9. The molecule has 0 radical (unpaired) electrons. The molecule has 98 valence electrons. The van der Waals surface area contributed by atoms with E-state index in [1.54, 1.807) is 26.0 Å². The van der Waals surface area contributed by atoms with Crippen LogP contribution in [0.25, 0.3) is 0 Å². The second-order valence-corrected chi connectivity index (χ2v) is 4.34. The molecule has 0 N–H and O–H groups in total. The summed E-state index contributed by atoms with van der Waals surface area (Å²) in [5, 5.41) is 9.99. The molecule has 1 aromatic rings. The van der Waals surface area contributed by atoms with Crippen LogP contribution in [0.15, 0.2) is 18.2 Å². The predicted molar refractivity (Wildman–Crippen MR) is 67.8 cm³/mol. The average molecular weight is 272 g/mol. The molecule has 0 aliphatic carbocycles. The number of halogens is 1. The van der Waals surface area contributed by atoms with Crippen molar-refractivity contribution in [1.82, 2.24) is 0 Å². The van der Waals surface area contributed by atoms with Crippen LogP contribution in [0.2, 0.25) is 0 Å². The molecule has 6 heteroatoms. The van der Waals surface area contributed by atoms with Gasteiger partial charge < -0.3 is 4.74 Å². The number of rotatable bonds is 5. The Morgan fingerprint density at radius 1 is 1.56 bits per heavy atom. The zero-order valence-electron chi connectivity index (χ0n) is 10.2. The van der Waals surface area contributed by atoms with E-state index in [4.69, 9.17) is 16.3 Å². The Balaban J connectivity index is 2.90. The third-order valence-electron chi connectivity index (χ3n) is 2.38. The minimum absolute atomic E-state index is 0.0232. The number of nitro groups is 1. The van der Waals surface area contributed by atoms with Crippen molar-refractivity contribution in [3.05, 3.63) is 39.4 Å². The number of hydrogen-bond acceptors (Lipinski definition) is 4. The van der Waals surface area contributed by atoms with Gasteiger partial charge in [-0.3, -0.25) is 14.9 Å². The van der Waals surface area contributed by atoms with Gasteiger partial charge >= 0.3 is 5.97 Å². The quantitative estimate of drug-likeness (QED) is 0.357. The van der Waals surface area contributed by atoms with Crippen LogP contribution in [0, 0.1) is 17.0 Å². The van der Waals surface area contributed by atoms with Gasteiger partial charge in [-0.1, -0.05) is 12.1 Å². The third kappa shape index (κ3) is 3.70. The number of nitro benzene ring substituents is 1. The Bertz CT molecular complexity index is 461. The van der Waals surface area contributed by atoms with E-state index in [1.807, 2.05) is 0 Å². The lowest BCUT2D eigenvalue weighted by atomic mass is 10.1. The van der Waals surface area contributed by atoms with Crippen LogP contribution in [0.5, 0.6) is 0 Å². The number of carbonyl (C=O) groups is 1. The van der Waals surface area contributed by atoms with E-state index < -0.39 is 16.3 Å². The van der Waals surface area contributed by atoms with Gasteiger partial charge in [-0.15, -0.1) is 11.6 Å². The molecule has 0 spiro atoms. The molecule has 5 nitrogen and oxygen atoms in total. The lowest BCUT2D eigenvalue weighted by Crippen LogP contribution is -2.20. The number of hydrogen-bond donors (Lipinski definition) is 0. The zero-order chi connectivity index (χ0) is 13.7. The first kappa shape index (κ1) is 14.4. The Morgan fingerprint density at radius 2 is 2.22 bits per heavy atom. The fraction of sp³-hybridized carbons (Fsp3) is 0.417. The summed E-state index contributed by atoms with van der Waals surface area (Å²) < 4.78 is 4.76. The lowest BCUT2D eigenvalue weighted by Gasteiger charge is -2.09. The van der Waals surface area contributed by atoms with Gasteiger partial charge in [0.25, 0.3) is 5.69 Å². The van der Waals surface area contributed by atoms with Crippen LogP contribution in [-0.4, -0.2) is 22.9 Å². The fourth-order valence-corrected chi connectivity index (χ4v) is 1.75. The van der Waals surface area contributed by atoms with Gasteiger partial charge in [0.05, 0.1) is 11.5 Å². The molecule has 0 bridgehead atoms. The maximum absolute atomic E-state index is 11.4. The highest BCUT2D eigenvalue weighted by Crippen LogP contribution is 2.23. The topological polar surface area (TPSA) is 69.4 Å². The number of aryl methyl sites for hydroxylation is 1. The highest BCUT2D eigenvalue weighted by Gasteiger charge is 2.22. The van der Waals surface area contributed by atoms with Crippen LogP contribution in [0.1, 0.15) is 18.1 Å². The van der Waals surface area contributed by atoms with Gasteiger partial charge in [0.15, 0.2) is 0 Å². The fourth-order valence-electron chi connectivity index (χ4n) is 1.53. The summed E-state index contributed by atoms with van der Waals surface area (Å²) in [6.45, 7) is 3.67. The summed E-state index contributed by atoms with van der Waals surface area (Å²) in [6.07, 6.45) is 0.0803. The molecule has 0 aliphatic rings. The van der Waals surface area contributed by atoms with Crippen LogP contribution in [0.4, 0.5) is 5.69 Å². The van der Waals surface area contributed by atoms with Crippen molar-refractivity contribution in [1.29, 1.82) is 0 Å². The first-order chi connectivity index (χ1) is 8.45. The molecule has 1 unspecified atom stereocenters. The van der Waals surface area contributed by atoms with Crippen molar-refractivity contribution >= 4 is 23.3 Å². The number of benzene rings is 1. The monoisotopic (exact) mass is 271 g/mol.